The van der Waals surface area contributed by atoms with E-state index in [0.717, 1.165) is 24.6 Å². The van der Waals surface area contributed by atoms with Gasteiger partial charge in [-0.15, -0.1) is 0 Å². The van der Waals surface area contributed by atoms with Crippen molar-refractivity contribution in [2.45, 2.75) is 94.9 Å². The highest BCUT2D eigenvalue weighted by Gasteiger charge is 2.34. The molecule has 1 heterocycles. The van der Waals surface area contributed by atoms with E-state index in [1.54, 1.807) is 0 Å². The second-order valence-corrected chi connectivity index (χ2v) is 7.07. The number of rotatable bonds is 2. The monoisotopic (exact) mass is 291 g/mol. The van der Waals surface area contributed by atoms with Gasteiger partial charge >= 0.3 is 0 Å². The molecular weight excluding hydrogens is 262 g/mol. The molecule has 0 aromatic carbocycles. The molecule has 0 unspecified atom stereocenters. The summed E-state index contributed by atoms with van der Waals surface area (Å²) in [5.41, 5.74) is 6.25. The molecule has 0 bridgehead atoms. The highest BCUT2D eigenvalue weighted by Crippen LogP contribution is 2.34. The summed E-state index contributed by atoms with van der Waals surface area (Å²) in [4.78, 5) is 4.74. The molecule has 2 N–H and O–H groups in total. The zero-order valence-corrected chi connectivity index (χ0v) is 13.1. The van der Waals surface area contributed by atoms with E-state index in [-0.39, 0.29) is 5.54 Å². The first-order chi connectivity index (χ1) is 10.3. The van der Waals surface area contributed by atoms with Crippen LogP contribution in [0.2, 0.25) is 0 Å². The Kier molecular flexibility index (Phi) is 4.94. The molecule has 0 amide bonds. The van der Waals surface area contributed by atoms with Crippen LogP contribution in [0.25, 0.3) is 0 Å². The molecule has 118 valence electrons. The molecule has 1 aromatic heterocycles. The van der Waals surface area contributed by atoms with E-state index in [0.29, 0.717) is 5.92 Å². The van der Waals surface area contributed by atoms with Crippen molar-refractivity contribution in [1.82, 2.24) is 10.1 Å². The van der Waals surface area contributed by atoms with Crippen molar-refractivity contribution < 1.29 is 4.52 Å². The lowest BCUT2D eigenvalue weighted by atomic mass is 9.90. The smallest absolute Gasteiger partial charge is 0.229 e. The van der Waals surface area contributed by atoms with Crippen molar-refractivity contribution in [1.29, 1.82) is 0 Å². The van der Waals surface area contributed by atoms with Crippen LogP contribution in [0, 0.1) is 0 Å². The van der Waals surface area contributed by atoms with E-state index in [4.69, 9.17) is 15.2 Å². The zero-order chi connectivity index (χ0) is 14.5. The average Bonchev–Trinajstić information content (AvgIpc) is 2.83. The lowest BCUT2D eigenvalue weighted by molar-refractivity contribution is 0.304. The van der Waals surface area contributed by atoms with Crippen LogP contribution in [0.3, 0.4) is 0 Å². The Morgan fingerprint density at radius 3 is 2.10 bits per heavy atom. The largest absolute Gasteiger partial charge is 0.339 e. The van der Waals surface area contributed by atoms with Crippen LogP contribution in [0.1, 0.15) is 101 Å². The van der Waals surface area contributed by atoms with E-state index >= 15 is 0 Å². The normalized spacial score (nSPS) is 25.0. The van der Waals surface area contributed by atoms with Gasteiger partial charge in [0.15, 0.2) is 5.82 Å². The maximum absolute atomic E-state index is 6.59. The van der Waals surface area contributed by atoms with Crippen LogP contribution < -0.4 is 5.73 Å². The maximum Gasteiger partial charge on any atom is 0.229 e. The number of aromatic nitrogens is 2. The van der Waals surface area contributed by atoms with Gasteiger partial charge in [0.2, 0.25) is 5.89 Å². The SMILES string of the molecule is NC1(c2noc(C3CCCCCCC3)n2)CCCCCC1. The molecule has 2 saturated carbocycles. The van der Waals surface area contributed by atoms with Crippen LogP contribution in [-0.4, -0.2) is 10.1 Å². The second kappa shape index (κ2) is 6.91. The predicted octanol–water partition coefficient (Wildman–Crippen LogP) is 4.41. The van der Waals surface area contributed by atoms with Crippen molar-refractivity contribution in [2.24, 2.45) is 5.73 Å². The Morgan fingerprint density at radius 2 is 1.43 bits per heavy atom. The third-order valence-electron chi connectivity index (χ3n) is 5.34. The topological polar surface area (TPSA) is 64.9 Å². The quantitative estimate of drug-likeness (QED) is 0.820. The van der Waals surface area contributed by atoms with E-state index in [9.17, 15) is 0 Å². The van der Waals surface area contributed by atoms with Crippen molar-refractivity contribution >= 4 is 0 Å². The summed E-state index contributed by atoms with van der Waals surface area (Å²) in [5, 5.41) is 4.27. The average molecular weight is 291 g/mol. The molecule has 0 spiro atoms. The van der Waals surface area contributed by atoms with E-state index in [2.05, 4.69) is 5.16 Å². The lowest BCUT2D eigenvalue weighted by Gasteiger charge is -2.23. The van der Waals surface area contributed by atoms with Crippen LogP contribution >= 0.6 is 0 Å². The predicted molar refractivity (Wildman–Crippen MR) is 82.9 cm³/mol. The molecule has 4 heteroatoms. The van der Waals surface area contributed by atoms with Crippen LogP contribution in [-0.2, 0) is 5.54 Å². The fraction of sp³-hybridized carbons (Fsp3) is 0.882. The Bertz CT molecular complexity index is 427. The van der Waals surface area contributed by atoms with Gasteiger partial charge in [-0.3, -0.25) is 0 Å². The number of hydrogen-bond donors (Lipinski definition) is 1. The number of nitrogens with two attached hydrogens (primary N) is 1. The Labute approximate surface area is 127 Å². The molecular formula is C17H29N3O. The highest BCUT2D eigenvalue weighted by atomic mass is 16.5. The van der Waals surface area contributed by atoms with Crippen molar-refractivity contribution in [3.05, 3.63) is 11.7 Å². The summed E-state index contributed by atoms with van der Waals surface area (Å²) >= 11 is 0. The molecule has 2 fully saturated rings. The fourth-order valence-corrected chi connectivity index (χ4v) is 3.89. The van der Waals surface area contributed by atoms with Gasteiger partial charge in [-0.1, -0.05) is 62.9 Å². The molecule has 0 saturated heterocycles. The van der Waals surface area contributed by atoms with Gasteiger partial charge in [0.1, 0.15) is 0 Å². The first kappa shape index (κ1) is 15.0. The minimum atomic E-state index is -0.347. The summed E-state index contributed by atoms with van der Waals surface area (Å²) in [6, 6.07) is 0. The number of nitrogens with zero attached hydrogens (tertiary/aromatic N) is 2. The van der Waals surface area contributed by atoms with Crippen molar-refractivity contribution in [3.63, 3.8) is 0 Å². The standard InChI is InChI=1S/C17H29N3O/c18-17(12-8-4-5-9-13-17)16-19-15(21-20-16)14-10-6-2-1-3-7-11-14/h14H,1-13,18H2. The first-order valence-electron chi connectivity index (χ1n) is 8.91. The molecule has 4 nitrogen and oxygen atoms in total. The van der Waals surface area contributed by atoms with Crippen molar-refractivity contribution in [2.75, 3.05) is 0 Å². The minimum Gasteiger partial charge on any atom is -0.339 e. The highest BCUT2D eigenvalue weighted by molar-refractivity contribution is 5.06. The molecule has 2 aliphatic rings. The van der Waals surface area contributed by atoms with E-state index < -0.39 is 0 Å². The Hall–Kier alpha value is -0.900. The van der Waals surface area contributed by atoms with Crippen LogP contribution in [0.4, 0.5) is 0 Å². The van der Waals surface area contributed by atoms with E-state index in [1.165, 1.54) is 70.6 Å². The third kappa shape index (κ3) is 3.65. The second-order valence-electron chi connectivity index (χ2n) is 7.07. The molecule has 0 atom stereocenters. The van der Waals surface area contributed by atoms with Gasteiger partial charge in [0.05, 0.1) is 5.54 Å². The lowest BCUT2D eigenvalue weighted by Crippen LogP contribution is -2.37. The van der Waals surface area contributed by atoms with Gasteiger partial charge in [-0.2, -0.15) is 4.98 Å². The van der Waals surface area contributed by atoms with Gasteiger partial charge in [-0.25, -0.2) is 0 Å². The van der Waals surface area contributed by atoms with E-state index in [1.807, 2.05) is 0 Å². The Balaban J connectivity index is 1.72. The molecule has 0 radical (unpaired) electrons. The summed E-state index contributed by atoms with van der Waals surface area (Å²) < 4.78 is 5.62. The van der Waals surface area contributed by atoms with Gasteiger partial charge in [0.25, 0.3) is 0 Å². The van der Waals surface area contributed by atoms with Crippen molar-refractivity contribution in [3.8, 4) is 0 Å². The molecule has 21 heavy (non-hydrogen) atoms. The summed E-state index contributed by atoms with van der Waals surface area (Å²) in [7, 11) is 0. The van der Waals surface area contributed by atoms with Gasteiger partial charge < -0.3 is 10.3 Å². The maximum atomic E-state index is 6.59. The van der Waals surface area contributed by atoms with Gasteiger partial charge in [-0.05, 0) is 25.7 Å². The molecule has 0 aliphatic heterocycles. The zero-order valence-electron chi connectivity index (χ0n) is 13.1. The van der Waals surface area contributed by atoms with Crippen LogP contribution in [0.5, 0.6) is 0 Å². The molecule has 3 rings (SSSR count). The Morgan fingerprint density at radius 1 is 0.857 bits per heavy atom. The van der Waals surface area contributed by atoms with Gasteiger partial charge in [0, 0.05) is 5.92 Å². The summed E-state index contributed by atoms with van der Waals surface area (Å²) in [5.74, 6) is 2.07. The summed E-state index contributed by atoms with van der Waals surface area (Å²) in [6.07, 6.45) is 16.0. The summed E-state index contributed by atoms with van der Waals surface area (Å²) in [6.45, 7) is 0. The number of hydrogen-bond acceptors (Lipinski definition) is 4. The fourth-order valence-electron chi connectivity index (χ4n) is 3.89. The first-order valence-corrected chi connectivity index (χ1v) is 8.91. The molecule has 2 aliphatic carbocycles. The minimum absolute atomic E-state index is 0.347. The van der Waals surface area contributed by atoms with Crippen LogP contribution in [0.15, 0.2) is 4.52 Å². The third-order valence-corrected chi connectivity index (χ3v) is 5.34. The molecule has 1 aromatic rings.